The molecule has 0 fully saturated rings. The Hall–Kier alpha value is -3.82. The topological polar surface area (TPSA) is 124 Å². The molecule has 0 unspecified atom stereocenters. The summed E-state index contributed by atoms with van der Waals surface area (Å²) < 4.78 is 19.6. The van der Waals surface area contributed by atoms with E-state index in [0.717, 1.165) is 0 Å². The van der Waals surface area contributed by atoms with E-state index in [9.17, 15) is 19.2 Å². The maximum Gasteiger partial charge on any atom is 0.337 e. The second-order valence-corrected chi connectivity index (χ2v) is 6.27. The van der Waals surface area contributed by atoms with Crippen LogP contribution in [-0.4, -0.2) is 56.2 Å². The van der Waals surface area contributed by atoms with Crippen molar-refractivity contribution in [2.24, 2.45) is 0 Å². The molecule has 10 nitrogen and oxygen atoms in total. The van der Waals surface area contributed by atoms with Crippen molar-refractivity contribution in [1.82, 2.24) is 4.90 Å². The van der Waals surface area contributed by atoms with E-state index in [0.29, 0.717) is 5.76 Å². The van der Waals surface area contributed by atoms with Crippen LogP contribution in [0.1, 0.15) is 39.8 Å². The maximum absolute atomic E-state index is 12.9. The van der Waals surface area contributed by atoms with Crippen LogP contribution in [0.25, 0.3) is 0 Å². The molecule has 0 aliphatic rings. The Morgan fingerprint density at radius 3 is 2.19 bits per heavy atom. The number of amides is 2. The maximum atomic E-state index is 12.9. The van der Waals surface area contributed by atoms with Crippen molar-refractivity contribution in [3.63, 3.8) is 0 Å². The Morgan fingerprint density at radius 2 is 1.68 bits per heavy atom. The van der Waals surface area contributed by atoms with Crippen LogP contribution < -0.4 is 5.32 Å². The summed E-state index contributed by atoms with van der Waals surface area (Å²) in [7, 11) is 2.40. The predicted molar refractivity (Wildman–Crippen MR) is 109 cm³/mol. The van der Waals surface area contributed by atoms with Crippen LogP contribution in [0.5, 0.6) is 0 Å². The molecule has 0 atom stereocenters. The van der Waals surface area contributed by atoms with E-state index in [-0.39, 0.29) is 42.9 Å². The smallest absolute Gasteiger partial charge is 0.337 e. The highest BCUT2D eigenvalue weighted by Crippen LogP contribution is 2.18. The van der Waals surface area contributed by atoms with Crippen molar-refractivity contribution >= 4 is 29.6 Å². The molecule has 166 valence electrons. The molecule has 0 bridgehead atoms. The first-order valence-electron chi connectivity index (χ1n) is 9.43. The molecule has 0 saturated carbocycles. The van der Waals surface area contributed by atoms with E-state index < -0.39 is 23.9 Å². The number of hydrogen-bond acceptors (Lipinski definition) is 8. The van der Waals surface area contributed by atoms with Crippen LogP contribution in [-0.2, 0) is 25.5 Å². The highest BCUT2D eigenvalue weighted by molar-refractivity contribution is 5.99. The first-order valence-corrected chi connectivity index (χ1v) is 9.43. The molecule has 2 rings (SSSR count). The fourth-order valence-electron chi connectivity index (χ4n) is 2.68. The van der Waals surface area contributed by atoms with Gasteiger partial charge in [0.2, 0.25) is 0 Å². The number of anilines is 1. The number of ether oxygens (including phenoxy) is 3. The van der Waals surface area contributed by atoms with E-state index in [2.05, 4.69) is 5.32 Å². The summed E-state index contributed by atoms with van der Waals surface area (Å²) in [5.74, 6) is -1.30. The molecule has 1 aromatic heterocycles. The largest absolute Gasteiger partial charge is 0.467 e. The highest BCUT2D eigenvalue weighted by Gasteiger charge is 2.20. The summed E-state index contributed by atoms with van der Waals surface area (Å²) in [6, 6.07) is 6.84. The Kier molecular flexibility index (Phi) is 8.62. The number of carbonyl (C=O) groups is 4. The van der Waals surface area contributed by atoms with Gasteiger partial charge in [-0.15, -0.1) is 0 Å². The Balaban J connectivity index is 2.24. The van der Waals surface area contributed by atoms with Crippen LogP contribution >= 0.6 is 0 Å². The number of methoxy groups -OCH3 is 2. The molecule has 0 aliphatic heterocycles. The number of benzene rings is 1. The molecule has 1 heterocycles. The minimum absolute atomic E-state index is 0.0163. The molecule has 0 spiro atoms. The van der Waals surface area contributed by atoms with Crippen LogP contribution in [0.2, 0.25) is 0 Å². The number of urea groups is 1. The van der Waals surface area contributed by atoms with E-state index in [4.69, 9.17) is 18.6 Å². The first-order chi connectivity index (χ1) is 14.9. The third-order valence-corrected chi connectivity index (χ3v) is 4.13. The monoisotopic (exact) mass is 432 g/mol. The Morgan fingerprint density at radius 1 is 1.03 bits per heavy atom. The molecule has 0 aliphatic carbocycles. The van der Waals surface area contributed by atoms with Crippen molar-refractivity contribution in [3.05, 3.63) is 53.5 Å². The van der Waals surface area contributed by atoms with E-state index in [1.807, 2.05) is 0 Å². The van der Waals surface area contributed by atoms with Gasteiger partial charge in [-0.2, -0.15) is 0 Å². The van der Waals surface area contributed by atoms with E-state index in [1.165, 1.54) is 43.6 Å². The number of hydrogen-bond donors (Lipinski definition) is 1. The SMILES string of the molecule is CCOC(=O)CCN(Cc1ccco1)C(=O)Nc1cc(C(=O)OC)cc(C(=O)OC)c1. The van der Waals surface area contributed by atoms with Gasteiger partial charge in [0.05, 0.1) is 51.2 Å². The van der Waals surface area contributed by atoms with Gasteiger partial charge in [-0.1, -0.05) is 0 Å². The minimum Gasteiger partial charge on any atom is -0.467 e. The zero-order valence-corrected chi connectivity index (χ0v) is 17.5. The predicted octanol–water partition coefficient (Wildman–Crippen LogP) is 2.84. The normalized spacial score (nSPS) is 10.2. The lowest BCUT2D eigenvalue weighted by molar-refractivity contribution is -0.143. The summed E-state index contributed by atoms with van der Waals surface area (Å²) in [4.78, 5) is 49.9. The van der Waals surface area contributed by atoms with Crippen LogP contribution in [0.15, 0.2) is 41.0 Å². The summed E-state index contributed by atoms with van der Waals surface area (Å²) >= 11 is 0. The number of nitrogens with one attached hydrogen (secondary N) is 1. The average Bonchev–Trinajstić information content (AvgIpc) is 3.28. The van der Waals surface area contributed by atoms with Gasteiger partial charge in [-0.25, -0.2) is 14.4 Å². The molecule has 31 heavy (non-hydrogen) atoms. The van der Waals surface area contributed by atoms with Gasteiger partial charge in [0.15, 0.2) is 0 Å². The fraction of sp³-hybridized carbons (Fsp3) is 0.333. The number of carbonyl (C=O) groups excluding carboxylic acids is 4. The van der Waals surface area contributed by atoms with Gasteiger partial charge < -0.3 is 28.8 Å². The molecule has 0 radical (unpaired) electrons. The van der Waals surface area contributed by atoms with Crippen molar-refractivity contribution in [2.75, 3.05) is 32.7 Å². The van der Waals surface area contributed by atoms with Gasteiger partial charge in [0.25, 0.3) is 0 Å². The zero-order chi connectivity index (χ0) is 22.8. The van der Waals surface area contributed by atoms with Gasteiger partial charge in [-0.3, -0.25) is 4.79 Å². The van der Waals surface area contributed by atoms with Crippen molar-refractivity contribution in [2.45, 2.75) is 19.9 Å². The molecule has 2 amide bonds. The zero-order valence-electron chi connectivity index (χ0n) is 17.5. The quantitative estimate of drug-likeness (QED) is 0.474. The number of furan rings is 1. The molecule has 10 heteroatoms. The van der Waals surface area contributed by atoms with Crippen molar-refractivity contribution in [3.8, 4) is 0 Å². The highest BCUT2D eigenvalue weighted by atomic mass is 16.5. The number of rotatable bonds is 9. The van der Waals surface area contributed by atoms with Gasteiger partial charge in [0.1, 0.15) is 5.76 Å². The Bertz CT molecular complexity index is 889. The van der Waals surface area contributed by atoms with Crippen LogP contribution in [0.4, 0.5) is 10.5 Å². The second-order valence-electron chi connectivity index (χ2n) is 6.27. The number of esters is 3. The summed E-state index contributed by atoms with van der Waals surface area (Å²) in [6.07, 6.45) is 1.46. The number of nitrogens with zero attached hydrogens (tertiary/aromatic N) is 1. The van der Waals surface area contributed by atoms with E-state index in [1.54, 1.807) is 19.1 Å². The van der Waals surface area contributed by atoms with Gasteiger partial charge in [0, 0.05) is 12.2 Å². The average molecular weight is 432 g/mol. The molecule has 2 aromatic rings. The molecular formula is C21H24N2O8. The molecular weight excluding hydrogens is 408 g/mol. The second kappa shape index (κ2) is 11.4. The third kappa shape index (κ3) is 6.88. The van der Waals surface area contributed by atoms with Crippen molar-refractivity contribution < 1.29 is 37.8 Å². The van der Waals surface area contributed by atoms with E-state index >= 15 is 0 Å². The fourth-order valence-corrected chi connectivity index (χ4v) is 2.68. The molecule has 0 saturated heterocycles. The molecule has 1 N–H and O–H groups in total. The molecule has 1 aromatic carbocycles. The summed E-state index contributed by atoms with van der Waals surface area (Å²) in [5, 5.41) is 2.63. The standard InChI is InChI=1S/C21H24N2O8/c1-4-30-18(24)7-8-23(13-17-6-5-9-31-17)21(27)22-16-11-14(19(25)28-2)10-15(12-16)20(26)29-3/h5-6,9-12H,4,7-8,13H2,1-3H3,(H,22,27). The van der Waals surface area contributed by atoms with Gasteiger partial charge in [-0.05, 0) is 37.3 Å². The van der Waals surface area contributed by atoms with Crippen LogP contribution in [0, 0.1) is 0 Å². The lowest BCUT2D eigenvalue weighted by atomic mass is 10.1. The first kappa shape index (κ1) is 23.5. The summed E-state index contributed by atoms with van der Waals surface area (Å²) in [6.45, 7) is 2.09. The lowest BCUT2D eigenvalue weighted by Crippen LogP contribution is -2.36. The Labute approximate surface area is 179 Å². The lowest BCUT2D eigenvalue weighted by Gasteiger charge is -2.22. The summed E-state index contributed by atoms with van der Waals surface area (Å²) in [5.41, 5.74) is 0.295. The van der Waals surface area contributed by atoms with Gasteiger partial charge >= 0.3 is 23.9 Å². The van der Waals surface area contributed by atoms with Crippen LogP contribution in [0.3, 0.4) is 0 Å². The van der Waals surface area contributed by atoms with Crippen molar-refractivity contribution in [1.29, 1.82) is 0 Å². The minimum atomic E-state index is -0.684. The third-order valence-electron chi connectivity index (χ3n) is 4.13.